The molecule has 0 fully saturated rings. The van der Waals surface area contributed by atoms with Gasteiger partial charge in [0.25, 0.3) is 0 Å². The van der Waals surface area contributed by atoms with Gasteiger partial charge in [0.15, 0.2) is 4.46 Å². The third-order valence-corrected chi connectivity index (χ3v) is 1.70. The van der Waals surface area contributed by atoms with E-state index in [1.54, 1.807) is 0 Å². The number of hydrogen-bond donors (Lipinski definition) is 1. The molecule has 0 saturated carbocycles. The Morgan fingerprint density at radius 2 is 1.89 bits per heavy atom. The highest BCUT2D eigenvalue weighted by atomic mass is 35.5. The molecule has 0 spiro atoms. The SMILES string of the molecule is CCC(Cl)(Cl)NC(C)C. The fourth-order valence-corrected chi connectivity index (χ4v) is 0.961. The second kappa shape index (κ2) is 3.65. The van der Waals surface area contributed by atoms with E-state index in [0.29, 0.717) is 12.5 Å². The molecule has 1 nitrogen and oxygen atoms in total. The molecule has 0 aromatic rings. The van der Waals surface area contributed by atoms with Gasteiger partial charge in [-0.25, -0.2) is 0 Å². The molecule has 0 bridgehead atoms. The van der Waals surface area contributed by atoms with Crippen molar-refractivity contribution >= 4 is 23.2 Å². The Balaban J connectivity index is 3.58. The van der Waals surface area contributed by atoms with Crippen molar-refractivity contribution in [2.45, 2.75) is 37.7 Å². The van der Waals surface area contributed by atoms with Gasteiger partial charge in [-0.1, -0.05) is 30.1 Å². The van der Waals surface area contributed by atoms with Crippen LogP contribution in [0.25, 0.3) is 0 Å². The summed E-state index contributed by atoms with van der Waals surface area (Å²) in [6.07, 6.45) is 0.717. The van der Waals surface area contributed by atoms with Crippen molar-refractivity contribution in [2.24, 2.45) is 0 Å². The lowest BCUT2D eigenvalue weighted by atomic mass is 10.3. The van der Waals surface area contributed by atoms with Crippen molar-refractivity contribution in [1.82, 2.24) is 5.32 Å². The lowest BCUT2D eigenvalue weighted by Crippen LogP contribution is -2.38. The van der Waals surface area contributed by atoms with E-state index in [-0.39, 0.29) is 0 Å². The summed E-state index contributed by atoms with van der Waals surface area (Å²) < 4.78 is -0.742. The Morgan fingerprint density at radius 1 is 1.44 bits per heavy atom. The van der Waals surface area contributed by atoms with Gasteiger partial charge in [0.1, 0.15) is 0 Å². The van der Waals surface area contributed by atoms with Gasteiger partial charge in [-0.3, -0.25) is 5.32 Å². The molecule has 0 aliphatic carbocycles. The first-order chi connectivity index (χ1) is 3.98. The average molecular weight is 170 g/mol. The summed E-state index contributed by atoms with van der Waals surface area (Å²) in [7, 11) is 0. The molecule has 0 aromatic carbocycles. The standard InChI is InChI=1S/C6H13Cl2N/c1-4-6(7,8)9-5(2)3/h5,9H,4H2,1-3H3. The molecule has 0 unspecified atom stereocenters. The van der Waals surface area contributed by atoms with Crippen LogP contribution in [0.1, 0.15) is 27.2 Å². The van der Waals surface area contributed by atoms with Gasteiger partial charge in [0.05, 0.1) is 0 Å². The number of rotatable bonds is 3. The second-order valence-electron chi connectivity index (χ2n) is 2.36. The Morgan fingerprint density at radius 3 is 2.00 bits per heavy atom. The normalized spacial score (nSPS) is 12.7. The Kier molecular flexibility index (Phi) is 3.86. The average Bonchev–Trinajstić information content (AvgIpc) is 1.63. The molecule has 0 aliphatic rings. The predicted molar refractivity (Wildman–Crippen MR) is 43.0 cm³/mol. The summed E-state index contributed by atoms with van der Waals surface area (Å²) in [5.41, 5.74) is 0. The van der Waals surface area contributed by atoms with Gasteiger partial charge in [0.2, 0.25) is 0 Å². The molecule has 3 heteroatoms. The molecule has 0 aliphatic heterocycles. The van der Waals surface area contributed by atoms with Crippen molar-refractivity contribution in [3.8, 4) is 0 Å². The fourth-order valence-electron chi connectivity index (χ4n) is 0.524. The van der Waals surface area contributed by atoms with E-state index in [1.165, 1.54) is 0 Å². The van der Waals surface area contributed by atoms with Gasteiger partial charge >= 0.3 is 0 Å². The maximum atomic E-state index is 5.77. The van der Waals surface area contributed by atoms with Gasteiger partial charge < -0.3 is 0 Å². The first kappa shape index (κ1) is 9.54. The summed E-state index contributed by atoms with van der Waals surface area (Å²) in [6.45, 7) is 5.96. The fraction of sp³-hybridized carbons (Fsp3) is 1.00. The zero-order chi connectivity index (χ0) is 7.49. The smallest absolute Gasteiger partial charge is 0.168 e. The lowest BCUT2D eigenvalue weighted by Gasteiger charge is -2.21. The summed E-state index contributed by atoms with van der Waals surface area (Å²) in [5, 5.41) is 3.00. The van der Waals surface area contributed by atoms with Crippen LogP contribution in [-0.2, 0) is 0 Å². The molecule has 9 heavy (non-hydrogen) atoms. The minimum absolute atomic E-state index is 0.333. The number of halogens is 2. The summed E-state index contributed by atoms with van der Waals surface area (Å²) in [4.78, 5) is 0. The van der Waals surface area contributed by atoms with Crippen molar-refractivity contribution < 1.29 is 0 Å². The summed E-state index contributed by atoms with van der Waals surface area (Å²) >= 11 is 11.5. The molecule has 0 saturated heterocycles. The number of hydrogen-bond acceptors (Lipinski definition) is 1. The van der Waals surface area contributed by atoms with E-state index >= 15 is 0 Å². The Labute approximate surface area is 66.7 Å². The predicted octanol–water partition coefficient (Wildman–Crippen LogP) is 2.53. The molecule has 0 rings (SSSR count). The van der Waals surface area contributed by atoms with Gasteiger partial charge in [-0.05, 0) is 20.3 Å². The lowest BCUT2D eigenvalue weighted by molar-refractivity contribution is 0.509. The monoisotopic (exact) mass is 169 g/mol. The van der Waals surface area contributed by atoms with Crippen LogP contribution in [0.5, 0.6) is 0 Å². The second-order valence-corrected chi connectivity index (χ2v) is 3.84. The van der Waals surface area contributed by atoms with Crippen LogP contribution in [0.4, 0.5) is 0 Å². The van der Waals surface area contributed by atoms with Crippen molar-refractivity contribution in [3.63, 3.8) is 0 Å². The van der Waals surface area contributed by atoms with Crippen LogP contribution in [-0.4, -0.2) is 10.5 Å². The van der Waals surface area contributed by atoms with Crippen LogP contribution in [0.3, 0.4) is 0 Å². The number of nitrogens with one attached hydrogen (secondary N) is 1. The largest absolute Gasteiger partial charge is 0.284 e. The van der Waals surface area contributed by atoms with Crippen LogP contribution in [0, 0.1) is 0 Å². The topological polar surface area (TPSA) is 12.0 Å². The van der Waals surface area contributed by atoms with E-state index in [2.05, 4.69) is 5.32 Å². The third kappa shape index (κ3) is 5.01. The minimum atomic E-state index is -0.742. The Hall–Kier alpha value is 0.540. The van der Waals surface area contributed by atoms with E-state index in [4.69, 9.17) is 23.2 Å². The highest BCUT2D eigenvalue weighted by Gasteiger charge is 2.20. The molecule has 1 N–H and O–H groups in total. The highest BCUT2D eigenvalue weighted by molar-refractivity contribution is 6.48. The van der Waals surface area contributed by atoms with Crippen molar-refractivity contribution in [1.29, 1.82) is 0 Å². The summed E-state index contributed by atoms with van der Waals surface area (Å²) in [5.74, 6) is 0. The van der Waals surface area contributed by atoms with Crippen LogP contribution in [0.2, 0.25) is 0 Å². The van der Waals surface area contributed by atoms with Crippen LogP contribution >= 0.6 is 23.2 Å². The third-order valence-electron chi connectivity index (χ3n) is 0.944. The molecular formula is C6H13Cl2N. The molecule has 0 heterocycles. The quantitative estimate of drug-likeness (QED) is 0.506. The van der Waals surface area contributed by atoms with E-state index < -0.39 is 4.46 Å². The zero-order valence-electron chi connectivity index (χ0n) is 6.04. The van der Waals surface area contributed by atoms with E-state index in [9.17, 15) is 0 Å². The molecule has 0 radical (unpaired) electrons. The zero-order valence-corrected chi connectivity index (χ0v) is 7.55. The number of alkyl halides is 2. The molecular weight excluding hydrogens is 157 g/mol. The maximum Gasteiger partial charge on any atom is 0.168 e. The molecule has 0 aromatic heterocycles. The van der Waals surface area contributed by atoms with Crippen LogP contribution in [0.15, 0.2) is 0 Å². The summed E-state index contributed by atoms with van der Waals surface area (Å²) in [6, 6.07) is 0.333. The molecule has 0 amide bonds. The van der Waals surface area contributed by atoms with Gasteiger partial charge in [-0.15, -0.1) is 0 Å². The van der Waals surface area contributed by atoms with Gasteiger partial charge in [-0.2, -0.15) is 0 Å². The first-order valence-electron chi connectivity index (χ1n) is 3.13. The Bertz CT molecular complexity index is 81.1. The van der Waals surface area contributed by atoms with E-state index in [0.717, 1.165) is 0 Å². The van der Waals surface area contributed by atoms with Crippen molar-refractivity contribution in [2.75, 3.05) is 0 Å². The highest BCUT2D eigenvalue weighted by Crippen LogP contribution is 2.21. The first-order valence-corrected chi connectivity index (χ1v) is 3.89. The van der Waals surface area contributed by atoms with Gasteiger partial charge in [0, 0.05) is 6.04 Å². The van der Waals surface area contributed by atoms with Crippen LogP contribution < -0.4 is 5.32 Å². The molecule has 0 atom stereocenters. The van der Waals surface area contributed by atoms with Crippen molar-refractivity contribution in [3.05, 3.63) is 0 Å². The maximum absolute atomic E-state index is 5.77. The van der Waals surface area contributed by atoms with E-state index in [1.807, 2.05) is 20.8 Å². The molecule has 56 valence electrons. The minimum Gasteiger partial charge on any atom is -0.284 e.